The summed E-state index contributed by atoms with van der Waals surface area (Å²) >= 11 is 9.35. The highest BCUT2D eigenvalue weighted by Crippen LogP contribution is 2.25. The molecule has 2 amide bonds. The van der Waals surface area contributed by atoms with Crippen LogP contribution in [0.2, 0.25) is 5.02 Å². The maximum Gasteiger partial charge on any atom is 0.323 e. The fourth-order valence-corrected chi connectivity index (χ4v) is 2.26. The number of hydrogen-bond donors (Lipinski definition) is 3. The van der Waals surface area contributed by atoms with Gasteiger partial charge in [0.25, 0.3) is 0 Å². The molecule has 4 N–H and O–H groups in total. The van der Waals surface area contributed by atoms with Crippen LogP contribution in [0.4, 0.5) is 21.9 Å². The van der Waals surface area contributed by atoms with Crippen molar-refractivity contribution >= 4 is 50.6 Å². The van der Waals surface area contributed by atoms with Crippen molar-refractivity contribution in [1.29, 1.82) is 0 Å². The molecule has 0 aliphatic heterocycles. The summed E-state index contributed by atoms with van der Waals surface area (Å²) in [6.07, 6.45) is 0. The van der Waals surface area contributed by atoms with E-state index < -0.39 is 0 Å². The van der Waals surface area contributed by atoms with Gasteiger partial charge in [0, 0.05) is 20.9 Å². The van der Waals surface area contributed by atoms with Gasteiger partial charge < -0.3 is 16.4 Å². The van der Waals surface area contributed by atoms with Crippen molar-refractivity contribution in [3.05, 3.63) is 51.5 Å². The molecule has 2 rings (SSSR count). The first-order valence-corrected chi connectivity index (χ1v) is 7.02. The second-order valence-electron chi connectivity index (χ2n) is 4.28. The van der Waals surface area contributed by atoms with Gasteiger partial charge in [0.1, 0.15) is 0 Å². The van der Waals surface area contributed by atoms with Gasteiger partial charge in [-0.1, -0.05) is 17.7 Å². The van der Waals surface area contributed by atoms with Crippen LogP contribution in [0, 0.1) is 6.92 Å². The summed E-state index contributed by atoms with van der Waals surface area (Å²) in [6.45, 7) is 1.90. The van der Waals surface area contributed by atoms with Crippen molar-refractivity contribution in [2.24, 2.45) is 0 Å². The van der Waals surface area contributed by atoms with Crippen molar-refractivity contribution in [3.63, 3.8) is 0 Å². The van der Waals surface area contributed by atoms with Crippen LogP contribution >= 0.6 is 27.5 Å². The topological polar surface area (TPSA) is 67.2 Å². The summed E-state index contributed by atoms with van der Waals surface area (Å²) in [5.41, 5.74) is 8.48. The zero-order chi connectivity index (χ0) is 14.7. The Morgan fingerprint density at radius 2 is 1.95 bits per heavy atom. The van der Waals surface area contributed by atoms with Gasteiger partial charge in [-0.2, -0.15) is 0 Å². The van der Waals surface area contributed by atoms with E-state index in [1.54, 1.807) is 30.3 Å². The molecule has 0 unspecified atom stereocenters. The van der Waals surface area contributed by atoms with E-state index in [2.05, 4.69) is 26.6 Å². The highest BCUT2D eigenvalue weighted by Gasteiger charge is 2.07. The number of rotatable bonds is 2. The number of nitrogens with two attached hydrogens (primary N) is 1. The molecule has 0 bridgehead atoms. The third-order valence-electron chi connectivity index (χ3n) is 2.67. The lowest BCUT2D eigenvalue weighted by molar-refractivity contribution is 0.262. The third kappa shape index (κ3) is 3.65. The lowest BCUT2D eigenvalue weighted by atomic mass is 10.2. The number of hydrogen-bond acceptors (Lipinski definition) is 2. The normalized spacial score (nSPS) is 10.2. The highest BCUT2D eigenvalue weighted by atomic mass is 79.9. The molecule has 0 heterocycles. The molecule has 20 heavy (non-hydrogen) atoms. The average Bonchev–Trinajstić information content (AvgIpc) is 2.37. The molecule has 2 aromatic rings. The second kappa shape index (κ2) is 6.15. The number of halogens is 2. The monoisotopic (exact) mass is 353 g/mol. The van der Waals surface area contributed by atoms with Crippen LogP contribution in [0.25, 0.3) is 0 Å². The van der Waals surface area contributed by atoms with Gasteiger partial charge in [-0.3, -0.25) is 0 Å². The first-order chi connectivity index (χ1) is 9.45. The van der Waals surface area contributed by atoms with E-state index in [1.807, 2.05) is 13.0 Å². The Balaban J connectivity index is 2.07. The molecule has 0 radical (unpaired) electrons. The van der Waals surface area contributed by atoms with Gasteiger partial charge in [0.2, 0.25) is 0 Å². The zero-order valence-corrected chi connectivity index (χ0v) is 13.0. The first kappa shape index (κ1) is 14.7. The Hall–Kier alpha value is -1.72. The van der Waals surface area contributed by atoms with Crippen molar-refractivity contribution in [1.82, 2.24) is 0 Å². The molecule has 0 atom stereocenters. The number of urea groups is 1. The summed E-state index contributed by atoms with van der Waals surface area (Å²) in [5, 5.41) is 6.05. The fraction of sp³-hybridized carbons (Fsp3) is 0.0714. The second-order valence-corrected chi connectivity index (χ2v) is 5.54. The lowest BCUT2D eigenvalue weighted by Gasteiger charge is -2.10. The van der Waals surface area contributed by atoms with E-state index in [0.717, 1.165) is 10.0 Å². The van der Waals surface area contributed by atoms with Gasteiger partial charge in [-0.05, 0) is 58.7 Å². The van der Waals surface area contributed by atoms with Gasteiger partial charge >= 0.3 is 6.03 Å². The van der Waals surface area contributed by atoms with Gasteiger partial charge in [0.05, 0.1) is 5.69 Å². The van der Waals surface area contributed by atoms with E-state index in [1.165, 1.54) is 0 Å². The number of amides is 2. The van der Waals surface area contributed by atoms with Crippen LogP contribution in [0.15, 0.2) is 40.9 Å². The number of benzene rings is 2. The quantitative estimate of drug-likeness (QED) is 0.688. The summed E-state index contributed by atoms with van der Waals surface area (Å²) in [6, 6.07) is 10.1. The minimum Gasteiger partial charge on any atom is -0.399 e. The molecule has 0 aliphatic carbocycles. The van der Waals surface area contributed by atoms with Crippen LogP contribution in [0.1, 0.15) is 5.56 Å². The van der Waals surface area contributed by atoms with Crippen molar-refractivity contribution in [2.45, 2.75) is 6.92 Å². The molecule has 104 valence electrons. The minimum atomic E-state index is -0.351. The summed E-state index contributed by atoms with van der Waals surface area (Å²) in [7, 11) is 0. The highest BCUT2D eigenvalue weighted by molar-refractivity contribution is 9.10. The Labute approximate surface area is 130 Å². The summed E-state index contributed by atoms with van der Waals surface area (Å²) in [4.78, 5) is 11.9. The van der Waals surface area contributed by atoms with Crippen LogP contribution in [-0.2, 0) is 0 Å². The maximum absolute atomic E-state index is 11.9. The van der Waals surface area contributed by atoms with Crippen molar-refractivity contribution in [3.8, 4) is 0 Å². The number of carbonyl (C=O) groups excluding carboxylic acids is 1. The first-order valence-electron chi connectivity index (χ1n) is 5.85. The molecule has 0 spiro atoms. The molecule has 0 aromatic heterocycles. The number of carbonyl (C=O) groups is 1. The SMILES string of the molecule is Cc1ccc(NC(=O)Nc2ccc(N)cc2Br)cc1Cl. The predicted molar refractivity (Wildman–Crippen MR) is 87.4 cm³/mol. The number of anilines is 3. The predicted octanol–water partition coefficient (Wildman–Crippen LogP) is 4.64. The molecule has 2 aromatic carbocycles. The zero-order valence-electron chi connectivity index (χ0n) is 10.7. The molecule has 0 aliphatic rings. The van der Waals surface area contributed by atoms with E-state index in [9.17, 15) is 4.79 Å². The van der Waals surface area contributed by atoms with Crippen LogP contribution in [0.5, 0.6) is 0 Å². The average molecular weight is 355 g/mol. The van der Waals surface area contributed by atoms with Crippen LogP contribution in [-0.4, -0.2) is 6.03 Å². The number of nitrogen functional groups attached to an aromatic ring is 1. The summed E-state index contributed by atoms with van der Waals surface area (Å²) < 4.78 is 0.717. The molecular formula is C14H13BrClN3O. The van der Waals surface area contributed by atoms with Gasteiger partial charge in [-0.15, -0.1) is 0 Å². The molecule has 0 saturated carbocycles. The Morgan fingerprint density at radius 1 is 1.20 bits per heavy atom. The van der Waals surface area contributed by atoms with Crippen molar-refractivity contribution in [2.75, 3.05) is 16.4 Å². The van der Waals surface area contributed by atoms with E-state index in [-0.39, 0.29) is 6.03 Å². The molecular weight excluding hydrogens is 342 g/mol. The van der Waals surface area contributed by atoms with E-state index in [0.29, 0.717) is 22.1 Å². The van der Waals surface area contributed by atoms with Crippen LogP contribution in [0.3, 0.4) is 0 Å². The fourth-order valence-electron chi connectivity index (χ4n) is 1.59. The minimum absolute atomic E-state index is 0.351. The third-order valence-corrected chi connectivity index (χ3v) is 3.73. The van der Waals surface area contributed by atoms with Gasteiger partial charge in [0.15, 0.2) is 0 Å². The van der Waals surface area contributed by atoms with Gasteiger partial charge in [-0.25, -0.2) is 4.79 Å². The molecule has 4 nitrogen and oxygen atoms in total. The maximum atomic E-state index is 11.9. The van der Waals surface area contributed by atoms with E-state index in [4.69, 9.17) is 17.3 Å². The number of aryl methyl sites for hydroxylation is 1. The molecule has 0 fully saturated rings. The Bertz CT molecular complexity index is 661. The summed E-state index contributed by atoms with van der Waals surface area (Å²) in [5.74, 6) is 0. The molecule has 0 saturated heterocycles. The van der Waals surface area contributed by atoms with E-state index >= 15 is 0 Å². The lowest BCUT2D eigenvalue weighted by Crippen LogP contribution is -2.19. The molecule has 6 heteroatoms. The Kier molecular flexibility index (Phi) is 4.52. The Morgan fingerprint density at radius 3 is 2.60 bits per heavy atom. The largest absolute Gasteiger partial charge is 0.399 e. The standard InChI is InChI=1S/C14H13BrClN3O/c1-8-2-4-10(7-12(8)16)18-14(20)19-13-5-3-9(17)6-11(13)15/h2-7H,17H2,1H3,(H2,18,19,20). The smallest absolute Gasteiger partial charge is 0.323 e. The van der Waals surface area contributed by atoms with Crippen molar-refractivity contribution < 1.29 is 4.79 Å². The number of nitrogens with one attached hydrogen (secondary N) is 2. The van der Waals surface area contributed by atoms with Crippen LogP contribution < -0.4 is 16.4 Å².